The number of ether oxygens (including phenoxy) is 6. The number of hydrogen-bond donors (Lipinski definition) is 0. The topological polar surface area (TPSA) is 131 Å². The van der Waals surface area contributed by atoms with Gasteiger partial charge in [0.2, 0.25) is 0 Å². The molecule has 0 aromatic rings. The Bertz CT molecular complexity index is 914. The van der Waals surface area contributed by atoms with Crippen LogP contribution in [-0.4, -0.2) is 68.3 Å². The van der Waals surface area contributed by atoms with Crippen molar-refractivity contribution >= 4 is 30.1 Å². The fourth-order valence-corrected chi connectivity index (χ4v) is 3.70. The average molecular weight is 629 g/mol. The summed E-state index contributed by atoms with van der Waals surface area (Å²) in [6.45, 7) is 15.1. The molecule has 0 spiro atoms. The Labute approximate surface area is 274 Å². The average Bonchev–Trinajstić information content (AvgIpc) is 3.53. The molecule has 3 rings (SSSR count). The van der Waals surface area contributed by atoms with Crippen LogP contribution in [0.2, 0.25) is 0 Å². The molecular weight excluding hydrogens is 591 g/mol. The first-order chi connectivity index (χ1) is 18.8. The second-order valence-electron chi connectivity index (χ2n) is 9.58. The molecule has 0 bridgehead atoms. The van der Waals surface area contributed by atoms with Gasteiger partial charge in [0.25, 0.3) is 0 Å². The fourth-order valence-electron chi connectivity index (χ4n) is 3.47. The third-order valence-corrected chi connectivity index (χ3v) is 5.32. The van der Waals surface area contributed by atoms with Gasteiger partial charge in [-0.1, -0.05) is 12.3 Å². The van der Waals surface area contributed by atoms with E-state index in [2.05, 4.69) is 43.6 Å². The Balaban J connectivity index is 0. The zero-order valence-electron chi connectivity index (χ0n) is 25.0. The molecule has 0 aromatic heterocycles. The first kappa shape index (κ1) is 42.5. The minimum atomic E-state index is -0.445. The van der Waals surface area contributed by atoms with Gasteiger partial charge in [0.15, 0.2) is 17.4 Å². The Morgan fingerprint density at radius 3 is 1.63 bits per heavy atom. The smallest absolute Gasteiger partial charge is 0.854 e. The predicted molar refractivity (Wildman–Crippen MR) is 143 cm³/mol. The van der Waals surface area contributed by atoms with Crippen LogP contribution >= 0.6 is 23.9 Å². The molecule has 3 heterocycles. The van der Waals surface area contributed by atoms with Gasteiger partial charge in [-0.05, 0) is 72.6 Å². The van der Waals surface area contributed by atoms with Crippen molar-refractivity contribution in [2.24, 2.45) is 0 Å². The molecule has 3 aliphatic heterocycles. The van der Waals surface area contributed by atoms with Crippen LogP contribution in [0.4, 0.5) is 0 Å². The maximum absolute atomic E-state index is 10.2. The van der Waals surface area contributed by atoms with Crippen LogP contribution in [0.25, 0.3) is 0 Å². The molecule has 11 nitrogen and oxygen atoms in total. The van der Waals surface area contributed by atoms with Crippen molar-refractivity contribution in [1.29, 1.82) is 0 Å². The van der Waals surface area contributed by atoms with Gasteiger partial charge in [0.05, 0.1) is 38.1 Å². The molecule has 14 heteroatoms. The van der Waals surface area contributed by atoms with Gasteiger partial charge < -0.3 is 33.5 Å². The molecule has 3 fully saturated rings. The van der Waals surface area contributed by atoms with E-state index in [0.717, 1.165) is 24.9 Å². The van der Waals surface area contributed by atoms with Gasteiger partial charge in [0.1, 0.15) is 23.9 Å². The van der Waals surface area contributed by atoms with Crippen LogP contribution in [0, 0.1) is 34.9 Å². The van der Waals surface area contributed by atoms with Gasteiger partial charge >= 0.3 is 35.7 Å². The molecule has 3 unspecified atom stereocenters. The Morgan fingerprint density at radius 1 is 0.829 bits per heavy atom. The molecule has 0 aliphatic carbocycles. The molecular formula is C27H38ClNaO11S. The standard InChI is InChI=1S/C11H20O4.C8H15O3.C7H3ClO2S.CO2.Na/c1-10(2)12-6-8(14-10)5-9-7-13-11(3,4)15-9;1-8(2)10-6-7(11-8)4-3-5-9;1-2-3-4-5-6-7-11-10-9-8;2-1-3;/h8-9H,5-7H2,1-4H3;7H,3-6H2,1-2H3;1H3;;/q;-1;;;+1. The number of hydrogen-bond acceptors (Lipinski definition) is 12. The fraction of sp³-hybridized carbons (Fsp3) is 0.741. The van der Waals surface area contributed by atoms with Crippen molar-refractivity contribution in [2.45, 2.75) is 103 Å². The van der Waals surface area contributed by atoms with Crippen LogP contribution in [0.5, 0.6) is 0 Å². The first-order valence-corrected chi connectivity index (χ1v) is 13.4. The molecule has 0 aromatic carbocycles. The molecule has 3 aliphatic rings. The SMILES string of the molecule is CC#CC#CC#CSOOCl.CC1(C)OCC(CC2COC(C)(C)O2)O1.CC1(C)OCC(CCC[O-])O1.O=C=O.[Na+]. The maximum atomic E-state index is 10.2. The van der Waals surface area contributed by atoms with Crippen LogP contribution in [0.3, 0.4) is 0 Å². The minimum absolute atomic E-state index is 0. The van der Waals surface area contributed by atoms with Crippen molar-refractivity contribution in [2.75, 3.05) is 26.4 Å². The third-order valence-electron chi connectivity index (χ3n) is 4.86. The number of carbonyl (C=O) groups excluding carboxylic acids is 2. The van der Waals surface area contributed by atoms with Crippen molar-refractivity contribution < 1.29 is 81.4 Å². The maximum Gasteiger partial charge on any atom is 1.00 e. The molecule has 3 saturated heterocycles. The van der Waals surface area contributed by atoms with Crippen LogP contribution in [-0.2, 0) is 46.8 Å². The second-order valence-corrected chi connectivity index (χ2v) is 10.2. The normalized spacial score (nSPS) is 23.7. The van der Waals surface area contributed by atoms with E-state index < -0.39 is 17.4 Å². The summed E-state index contributed by atoms with van der Waals surface area (Å²) in [5, 5.41) is 12.6. The summed E-state index contributed by atoms with van der Waals surface area (Å²) in [6.07, 6.45) is 2.99. The van der Waals surface area contributed by atoms with Gasteiger partial charge in [-0.25, -0.2) is 0 Å². The molecule has 0 radical (unpaired) electrons. The zero-order valence-corrected chi connectivity index (χ0v) is 28.5. The molecule has 41 heavy (non-hydrogen) atoms. The van der Waals surface area contributed by atoms with E-state index in [1.165, 1.54) is 0 Å². The Hall–Kier alpha value is -0.660. The second kappa shape index (κ2) is 23.8. The van der Waals surface area contributed by atoms with Crippen molar-refractivity contribution in [3.63, 3.8) is 0 Å². The summed E-state index contributed by atoms with van der Waals surface area (Å²) in [4.78, 5) is 16.2. The summed E-state index contributed by atoms with van der Waals surface area (Å²) in [6, 6.07) is 0. The minimum Gasteiger partial charge on any atom is -0.854 e. The summed E-state index contributed by atoms with van der Waals surface area (Å²) in [5.74, 6) is 11.2. The predicted octanol–water partition coefficient (Wildman–Crippen LogP) is 0.103. The quantitative estimate of drug-likeness (QED) is 0.0946. The summed E-state index contributed by atoms with van der Waals surface area (Å²) in [5.41, 5.74) is 0. The zero-order chi connectivity index (χ0) is 30.5. The van der Waals surface area contributed by atoms with Crippen molar-refractivity contribution in [1.82, 2.24) is 0 Å². The van der Waals surface area contributed by atoms with Gasteiger partial charge in [-0.2, -0.15) is 9.59 Å². The molecule has 0 N–H and O–H groups in total. The molecule has 226 valence electrons. The summed E-state index contributed by atoms with van der Waals surface area (Å²) in [7, 11) is 0. The van der Waals surface area contributed by atoms with Gasteiger partial charge in [0, 0.05) is 17.6 Å². The number of rotatable bonds is 7. The Morgan fingerprint density at radius 2 is 1.27 bits per heavy atom. The van der Waals surface area contributed by atoms with Crippen molar-refractivity contribution in [3.8, 4) is 34.9 Å². The number of halogens is 1. The van der Waals surface area contributed by atoms with Crippen LogP contribution < -0.4 is 34.7 Å². The van der Waals surface area contributed by atoms with E-state index in [1.54, 1.807) is 6.92 Å². The van der Waals surface area contributed by atoms with Crippen LogP contribution in [0.1, 0.15) is 67.7 Å². The third kappa shape index (κ3) is 23.5. The van der Waals surface area contributed by atoms with E-state index in [9.17, 15) is 5.11 Å². The van der Waals surface area contributed by atoms with E-state index in [-0.39, 0.29) is 60.6 Å². The Kier molecular flexibility index (Phi) is 24.6. The van der Waals surface area contributed by atoms with Crippen LogP contribution in [0.15, 0.2) is 0 Å². The first-order valence-electron chi connectivity index (χ1n) is 12.4. The monoisotopic (exact) mass is 628 g/mol. The summed E-state index contributed by atoms with van der Waals surface area (Å²) >= 11 is 5.44. The van der Waals surface area contributed by atoms with E-state index in [4.69, 9.17) is 49.9 Å². The van der Waals surface area contributed by atoms with Gasteiger partial charge in [-0.3, -0.25) is 0 Å². The van der Waals surface area contributed by atoms with Crippen molar-refractivity contribution in [3.05, 3.63) is 0 Å². The summed E-state index contributed by atoms with van der Waals surface area (Å²) < 4.78 is 41.1. The molecule has 3 atom stereocenters. The van der Waals surface area contributed by atoms with E-state index in [1.807, 2.05) is 41.5 Å². The van der Waals surface area contributed by atoms with E-state index >= 15 is 0 Å². The van der Waals surface area contributed by atoms with E-state index in [0.29, 0.717) is 26.2 Å². The molecule has 0 saturated carbocycles. The van der Waals surface area contributed by atoms with Gasteiger partial charge in [-0.15, -0.1) is 15.4 Å². The molecule has 0 amide bonds. The largest absolute Gasteiger partial charge is 1.00 e.